The lowest BCUT2D eigenvalue weighted by molar-refractivity contribution is 0.0528. The number of hydrogen-bond acceptors (Lipinski definition) is 5. The average Bonchev–Trinajstić information content (AvgIpc) is 2.62. The summed E-state index contributed by atoms with van der Waals surface area (Å²) in [6.45, 7) is 1.70. The van der Waals surface area contributed by atoms with Crippen LogP contribution < -0.4 is 5.56 Å². The zero-order valence-electron chi connectivity index (χ0n) is 12.3. The third kappa shape index (κ3) is 3.25. The van der Waals surface area contributed by atoms with Gasteiger partial charge < -0.3 is 9.80 Å². The molecule has 1 saturated heterocycles. The van der Waals surface area contributed by atoms with Gasteiger partial charge in [0.1, 0.15) is 11.4 Å². The van der Waals surface area contributed by atoms with Gasteiger partial charge in [-0.05, 0) is 18.2 Å². The summed E-state index contributed by atoms with van der Waals surface area (Å²) < 4.78 is 0. The molecule has 0 aromatic carbocycles. The molecule has 0 bridgehead atoms. The van der Waals surface area contributed by atoms with Crippen LogP contribution in [0, 0.1) is 0 Å². The largest absolute Gasteiger partial charge is 0.334 e. The van der Waals surface area contributed by atoms with Crippen LogP contribution >= 0.6 is 0 Å². The maximum atomic E-state index is 12.3. The third-order valence-electron chi connectivity index (χ3n) is 3.64. The zero-order chi connectivity index (χ0) is 16.2. The minimum absolute atomic E-state index is 0.139. The van der Waals surface area contributed by atoms with Crippen molar-refractivity contribution < 1.29 is 9.59 Å². The number of nitrogens with zero attached hydrogens (tertiary/aromatic N) is 4. The molecular weight excluding hydrogens is 298 g/mol. The van der Waals surface area contributed by atoms with E-state index in [4.69, 9.17) is 0 Å². The lowest BCUT2D eigenvalue weighted by Gasteiger charge is -2.34. The number of carbonyl (C=O) groups excluding carboxylic acids is 2. The van der Waals surface area contributed by atoms with Gasteiger partial charge in [0.15, 0.2) is 0 Å². The molecule has 8 heteroatoms. The molecule has 23 heavy (non-hydrogen) atoms. The maximum absolute atomic E-state index is 12.3. The lowest BCUT2D eigenvalue weighted by atomic mass is 10.2. The normalized spacial score (nSPS) is 14.6. The highest BCUT2D eigenvalue weighted by molar-refractivity contribution is 5.94. The first-order valence-corrected chi connectivity index (χ1v) is 7.20. The molecule has 118 valence electrons. The molecule has 3 rings (SSSR count). The van der Waals surface area contributed by atoms with Crippen molar-refractivity contribution in [3.8, 4) is 0 Å². The van der Waals surface area contributed by atoms with E-state index in [1.807, 2.05) is 0 Å². The molecule has 2 amide bonds. The van der Waals surface area contributed by atoms with Gasteiger partial charge in [0, 0.05) is 38.4 Å². The summed E-state index contributed by atoms with van der Waals surface area (Å²) >= 11 is 0. The van der Waals surface area contributed by atoms with Gasteiger partial charge in [-0.15, -0.1) is 0 Å². The van der Waals surface area contributed by atoms with Gasteiger partial charge in [0.25, 0.3) is 17.4 Å². The van der Waals surface area contributed by atoms with Crippen LogP contribution in [0.3, 0.4) is 0 Å². The summed E-state index contributed by atoms with van der Waals surface area (Å²) in [7, 11) is 0. The zero-order valence-corrected chi connectivity index (χ0v) is 12.3. The van der Waals surface area contributed by atoms with Crippen molar-refractivity contribution in [2.75, 3.05) is 26.2 Å². The smallest absolute Gasteiger partial charge is 0.274 e. The number of aromatic amines is 1. The molecule has 8 nitrogen and oxygen atoms in total. The minimum atomic E-state index is -0.354. The van der Waals surface area contributed by atoms with Crippen molar-refractivity contribution >= 4 is 11.8 Å². The molecule has 0 aliphatic carbocycles. The summed E-state index contributed by atoms with van der Waals surface area (Å²) in [5.74, 6) is -0.397. The van der Waals surface area contributed by atoms with Gasteiger partial charge in [0.2, 0.25) is 0 Å². The molecule has 0 atom stereocenters. The van der Waals surface area contributed by atoms with Crippen LogP contribution in [-0.2, 0) is 0 Å². The molecule has 2 aromatic rings. The predicted octanol–water partition coefficient (Wildman–Crippen LogP) is -0.237. The van der Waals surface area contributed by atoms with Crippen LogP contribution in [-0.4, -0.2) is 63.0 Å². The number of aromatic nitrogens is 3. The quantitative estimate of drug-likeness (QED) is 0.825. The number of nitrogens with one attached hydrogen (secondary N) is 1. The van der Waals surface area contributed by atoms with Crippen molar-refractivity contribution in [3.05, 3.63) is 58.3 Å². The summed E-state index contributed by atoms with van der Waals surface area (Å²) in [5.41, 5.74) is 0.232. The first-order valence-electron chi connectivity index (χ1n) is 7.20. The van der Waals surface area contributed by atoms with E-state index in [9.17, 15) is 14.4 Å². The first kappa shape index (κ1) is 14.9. The number of piperazine rings is 1. The number of rotatable bonds is 2. The second-order valence-corrected chi connectivity index (χ2v) is 5.11. The molecule has 0 radical (unpaired) electrons. The average molecular weight is 313 g/mol. The fourth-order valence-electron chi connectivity index (χ4n) is 2.39. The number of amides is 2. The van der Waals surface area contributed by atoms with E-state index in [0.717, 1.165) is 0 Å². The van der Waals surface area contributed by atoms with Crippen LogP contribution in [0.1, 0.15) is 21.0 Å². The Morgan fingerprint density at radius 2 is 1.57 bits per heavy atom. The predicted molar refractivity (Wildman–Crippen MR) is 80.9 cm³/mol. The van der Waals surface area contributed by atoms with Crippen LogP contribution in [0.4, 0.5) is 0 Å². The summed E-state index contributed by atoms with van der Waals surface area (Å²) in [4.78, 5) is 42.9. The first-order chi connectivity index (χ1) is 11.1. The highest BCUT2D eigenvalue weighted by Gasteiger charge is 2.26. The van der Waals surface area contributed by atoms with E-state index >= 15 is 0 Å². The van der Waals surface area contributed by atoms with E-state index in [-0.39, 0.29) is 23.1 Å². The van der Waals surface area contributed by atoms with Crippen molar-refractivity contribution in [2.45, 2.75) is 0 Å². The van der Waals surface area contributed by atoms with Gasteiger partial charge in [-0.25, -0.2) is 5.10 Å². The van der Waals surface area contributed by atoms with Gasteiger partial charge in [-0.3, -0.25) is 19.4 Å². The van der Waals surface area contributed by atoms with Crippen LogP contribution in [0.15, 0.2) is 41.3 Å². The fraction of sp³-hybridized carbons (Fsp3) is 0.267. The van der Waals surface area contributed by atoms with E-state index in [2.05, 4.69) is 15.2 Å². The van der Waals surface area contributed by atoms with Gasteiger partial charge in [0.05, 0.1) is 0 Å². The summed E-state index contributed by atoms with van der Waals surface area (Å²) in [5, 5.41) is 5.98. The van der Waals surface area contributed by atoms with Gasteiger partial charge in [-0.2, -0.15) is 5.10 Å². The molecule has 0 unspecified atom stereocenters. The number of H-pyrrole nitrogens is 1. The monoisotopic (exact) mass is 313 g/mol. The SMILES string of the molecule is O=C(c1ccccn1)N1CCN(C(=O)c2ccc(=O)[nH]n2)CC1. The van der Waals surface area contributed by atoms with Crippen LogP contribution in [0.5, 0.6) is 0 Å². The second kappa shape index (κ2) is 6.39. The molecule has 2 aromatic heterocycles. The van der Waals surface area contributed by atoms with Gasteiger partial charge >= 0.3 is 0 Å². The highest BCUT2D eigenvalue weighted by Crippen LogP contribution is 2.09. The topological polar surface area (TPSA) is 99.3 Å². The fourth-order valence-corrected chi connectivity index (χ4v) is 2.39. The molecule has 0 saturated carbocycles. The van der Waals surface area contributed by atoms with Crippen molar-refractivity contribution in [1.82, 2.24) is 25.0 Å². The molecule has 1 fully saturated rings. The van der Waals surface area contributed by atoms with E-state index in [0.29, 0.717) is 31.9 Å². The molecule has 1 aliphatic rings. The lowest BCUT2D eigenvalue weighted by Crippen LogP contribution is -2.51. The van der Waals surface area contributed by atoms with E-state index < -0.39 is 0 Å². The number of pyridine rings is 1. The molecular formula is C15H15N5O3. The standard InChI is InChI=1S/C15H15N5O3/c21-13-5-4-12(17-18-13)15(23)20-9-7-19(8-10-20)14(22)11-3-1-2-6-16-11/h1-6H,7-10H2,(H,18,21). The van der Waals surface area contributed by atoms with Crippen molar-refractivity contribution in [2.24, 2.45) is 0 Å². The third-order valence-corrected chi connectivity index (χ3v) is 3.64. The Morgan fingerprint density at radius 3 is 2.09 bits per heavy atom. The number of hydrogen-bond donors (Lipinski definition) is 1. The van der Waals surface area contributed by atoms with Gasteiger partial charge in [-0.1, -0.05) is 6.07 Å². The summed E-state index contributed by atoms with van der Waals surface area (Å²) in [6, 6.07) is 7.85. The maximum Gasteiger partial charge on any atom is 0.274 e. The Balaban J connectivity index is 1.62. The minimum Gasteiger partial charge on any atom is -0.334 e. The Morgan fingerprint density at radius 1 is 0.913 bits per heavy atom. The Labute approximate surface area is 131 Å². The molecule has 1 aliphatic heterocycles. The highest BCUT2D eigenvalue weighted by atomic mass is 16.2. The molecule has 0 spiro atoms. The van der Waals surface area contributed by atoms with Crippen molar-refractivity contribution in [3.63, 3.8) is 0 Å². The van der Waals surface area contributed by atoms with Crippen molar-refractivity contribution in [1.29, 1.82) is 0 Å². The summed E-state index contributed by atoms with van der Waals surface area (Å²) in [6.07, 6.45) is 1.58. The van der Waals surface area contributed by atoms with E-state index in [1.54, 1.807) is 34.2 Å². The number of carbonyl (C=O) groups is 2. The Hall–Kier alpha value is -3.03. The Bertz CT molecular complexity index is 746. The molecule has 1 N–H and O–H groups in total. The van der Waals surface area contributed by atoms with Crippen LogP contribution in [0.2, 0.25) is 0 Å². The van der Waals surface area contributed by atoms with Crippen LogP contribution in [0.25, 0.3) is 0 Å². The Kier molecular flexibility index (Phi) is 4.13. The molecule has 3 heterocycles. The van der Waals surface area contributed by atoms with E-state index in [1.165, 1.54) is 12.1 Å². The second-order valence-electron chi connectivity index (χ2n) is 5.11.